The average molecular weight is 393 g/mol. The Morgan fingerprint density at radius 3 is 2.22 bits per heavy atom. The molecule has 0 bridgehead atoms. The molecule has 2 aromatic carbocycles. The summed E-state index contributed by atoms with van der Waals surface area (Å²) in [5.41, 5.74) is 8.78. The van der Waals surface area contributed by atoms with E-state index in [2.05, 4.69) is 19.2 Å². The third kappa shape index (κ3) is 5.62. The van der Waals surface area contributed by atoms with Gasteiger partial charge in [-0.1, -0.05) is 49.7 Å². The van der Waals surface area contributed by atoms with Gasteiger partial charge in [-0.05, 0) is 30.2 Å². The second-order valence-corrected chi connectivity index (χ2v) is 7.06. The molecule has 0 aliphatic rings. The minimum atomic E-state index is -0.684. The SMILES string of the molecule is COc1ccc(C(C)(C)CNC(=O)C(N)c2ccc(C)cc2)cc1OC.Cl. The van der Waals surface area contributed by atoms with Gasteiger partial charge < -0.3 is 20.5 Å². The van der Waals surface area contributed by atoms with Crippen molar-refractivity contribution in [2.75, 3.05) is 20.8 Å². The molecule has 1 amide bonds. The van der Waals surface area contributed by atoms with Crippen molar-refractivity contribution in [2.24, 2.45) is 5.73 Å². The van der Waals surface area contributed by atoms with Crippen LogP contribution in [0.3, 0.4) is 0 Å². The van der Waals surface area contributed by atoms with Crippen molar-refractivity contribution in [2.45, 2.75) is 32.2 Å². The lowest BCUT2D eigenvalue weighted by Gasteiger charge is -2.27. The zero-order valence-electron chi connectivity index (χ0n) is 16.5. The molecule has 0 aliphatic heterocycles. The van der Waals surface area contributed by atoms with Crippen molar-refractivity contribution in [3.63, 3.8) is 0 Å². The minimum Gasteiger partial charge on any atom is -0.493 e. The Morgan fingerprint density at radius 1 is 1.07 bits per heavy atom. The number of ether oxygens (including phenoxy) is 2. The van der Waals surface area contributed by atoms with Gasteiger partial charge in [0.25, 0.3) is 0 Å². The highest BCUT2D eigenvalue weighted by Crippen LogP contribution is 2.33. The van der Waals surface area contributed by atoms with Crippen molar-refractivity contribution >= 4 is 18.3 Å². The number of rotatable bonds is 7. The van der Waals surface area contributed by atoms with Crippen molar-refractivity contribution < 1.29 is 14.3 Å². The van der Waals surface area contributed by atoms with E-state index in [9.17, 15) is 4.79 Å². The highest BCUT2D eigenvalue weighted by Gasteiger charge is 2.25. The van der Waals surface area contributed by atoms with E-state index in [4.69, 9.17) is 15.2 Å². The van der Waals surface area contributed by atoms with E-state index < -0.39 is 6.04 Å². The first-order valence-corrected chi connectivity index (χ1v) is 8.61. The molecule has 6 heteroatoms. The van der Waals surface area contributed by atoms with Crippen molar-refractivity contribution in [1.29, 1.82) is 0 Å². The second-order valence-electron chi connectivity index (χ2n) is 7.06. The van der Waals surface area contributed by atoms with Gasteiger partial charge in [0.1, 0.15) is 6.04 Å². The van der Waals surface area contributed by atoms with Crippen LogP contribution in [0.4, 0.5) is 0 Å². The molecule has 0 saturated carbocycles. The number of nitrogens with two attached hydrogens (primary N) is 1. The molecule has 2 aromatic rings. The van der Waals surface area contributed by atoms with E-state index in [1.165, 1.54) is 0 Å². The first-order chi connectivity index (χ1) is 12.3. The molecule has 1 atom stereocenters. The predicted octanol–water partition coefficient (Wildman–Crippen LogP) is 3.53. The van der Waals surface area contributed by atoms with Crippen LogP contribution in [0.5, 0.6) is 11.5 Å². The summed E-state index contributed by atoms with van der Waals surface area (Å²) >= 11 is 0. The zero-order chi connectivity index (χ0) is 19.3. The molecule has 3 N–H and O–H groups in total. The first kappa shape index (κ1) is 22.8. The maximum atomic E-state index is 12.4. The molecule has 2 rings (SSSR count). The number of carbonyl (C=O) groups excluding carboxylic acids is 1. The van der Waals surface area contributed by atoms with Crippen molar-refractivity contribution in [1.82, 2.24) is 5.32 Å². The molecule has 0 saturated heterocycles. The van der Waals surface area contributed by atoms with Crippen LogP contribution in [0.2, 0.25) is 0 Å². The summed E-state index contributed by atoms with van der Waals surface area (Å²) in [5, 5.41) is 2.96. The molecule has 0 fully saturated rings. The van der Waals surface area contributed by atoms with E-state index >= 15 is 0 Å². The normalized spacial score (nSPS) is 11.9. The van der Waals surface area contributed by atoms with E-state index in [-0.39, 0.29) is 23.7 Å². The lowest BCUT2D eigenvalue weighted by molar-refractivity contribution is -0.122. The molecule has 0 aliphatic carbocycles. The maximum Gasteiger partial charge on any atom is 0.241 e. The molecule has 5 nitrogen and oxygen atoms in total. The summed E-state index contributed by atoms with van der Waals surface area (Å²) in [6.45, 7) is 6.58. The molecule has 0 aromatic heterocycles. The summed E-state index contributed by atoms with van der Waals surface area (Å²) in [6, 6.07) is 12.8. The number of hydrogen-bond acceptors (Lipinski definition) is 4. The Morgan fingerprint density at radius 2 is 1.67 bits per heavy atom. The number of methoxy groups -OCH3 is 2. The predicted molar refractivity (Wildman–Crippen MR) is 111 cm³/mol. The summed E-state index contributed by atoms with van der Waals surface area (Å²) < 4.78 is 10.7. The van der Waals surface area contributed by atoms with Gasteiger partial charge in [0, 0.05) is 12.0 Å². The number of aryl methyl sites for hydroxylation is 1. The fourth-order valence-electron chi connectivity index (χ4n) is 2.70. The van der Waals surface area contributed by atoms with Crippen LogP contribution >= 0.6 is 12.4 Å². The van der Waals surface area contributed by atoms with Gasteiger partial charge in [-0.15, -0.1) is 12.4 Å². The number of benzene rings is 2. The second kappa shape index (κ2) is 9.62. The number of halogens is 1. The quantitative estimate of drug-likeness (QED) is 0.756. The van der Waals surface area contributed by atoms with Crippen LogP contribution in [0, 0.1) is 6.92 Å². The van der Waals surface area contributed by atoms with Crippen LogP contribution in [0.15, 0.2) is 42.5 Å². The monoisotopic (exact) mass is 392 g/mol. The fraction of sp³-hybridized carbons (Fsp3) is 0.381. The molecule has 0 heterocycles. The highest BCUT2D eigenvalue weighted by molar-refractivity contribution is 5.85. The molecule has 0 spiro atoms. The van der Waals surface area contributed by atoms with Crippen LogP contribution < -0.4 is 20.5 Å². The van der Waals surface area contributed by atoms with Crippen molar-refractivity contribution in [3.8, 4) is 11.5 Å². The van der Waals surface area contributed by atoms with Crippen LogP contribution in [0.1, 0.15) is 36.6 Å². The van der Waals surface area contributed by atoms with Gasteiger partial charge in [0.2, 0.25) is 5.91 Å². The Labute approximate surface area is 167 Å². The number of nitrogens with one attached hydrogen (secondary N) is 1. The van der Waals surface area contributed by atoms with Crippen LogP contribution in [0.25, 0.3) is 0 Å². The summed E-state index contributed by atoms with van der Waals surface area (Å²) in [5.74, 6) is 1.15. The average Bonchev–Trinajstić information content (AvgIpc) is 2.65. The van der Waals surface area contributed by atoms with Gasteiger partial charge >= 0.3 is 0 Å². The topological polar surface area (TPSA) is 73.6 Å². The Kier molecular flexibility index (Phi) is 8.13. The minimum absolute atomic E-state index is 0. The van der Waals surface area contributed by atoms with Crippen molar-refractivity contribution in [3.05, 3.63) is 59.2 Å². The molecule has 1 unspecified atom stereocenters. The van der Waals surface area contributed by atoms with Gasteiger partial charge in [-0.2, -0.15) is 0 Å². The van der Waals surface area contributed by atoms with E-state index in [1.807, 2.05) is 49.4 Å². The highest BCUT2D eigenvalue weighted by atomic mass is 35.5. The molecule has 0 radical (unpaired) electrons. The first-order valence-electron chi connectivity index (χ1n) is 8.61. The number of carbonyl (C=O) groups is 1. The fourth-order valence-corrected chi connectivity index (χ4v) is 2.70. The van der Waals surface area contributed by atoms with Gasteiger partial charge in [0.05, 0.1) is 14.2 Å². The zero-order valence-corrected chi connectivity index (χ0v) is 17.4. The molecular weight excluding hydrogens is 364 g/mol. The molecule has 148 valence electrons. The lowest BCUT2D eigenvalue weighted by Crippen LogP contribution is -2.41. The van der Waals surface area contributed by atoms with Gasteiger partial charge in [-0.25, -0.2) is 0 Å². The smallest absolute Gasteiger partial charge is 0.241 e. The Bertz CT molecular complexity index is 761. The third-order valence-corrected chi connectivity index (χ3v) is 4.59. The van der Waals surface area contributed by atoms with Gasteiger partial charge in [0.15, 0.2) is 11.5 Å². The van der Waals surface area contributed by atoms with E-state index in [0.717, 1.165) is 16.7 Å². The summed E-state index contributed by atoms with van der Waals surface area (Å²) in [7, 11) is 3.21. The maximum absolute atomic E-state index is 12.4. The van der Waals surface area contributed by atoms with Crippen LogP contribution in [-0.4, -0.2) is 26.7 Å². The third-order valence-electron chi connectivity index (χ3n) is 4.59. The standard InChI is InChI=1S/C21H28N2O3.ClH/c1-14-6-8-15(9-7-14)19(22)20(24)23-13-21(2,3)16-10-11-17(25-4)18(12-16)26-5;/h6-12,19H,13,22H2,1-5H3,(H,23,24);1H. The van der Waals surface area contributed by atoms with E-state index in [0.29, 0.717) is 18.0 Å². The summed E-state index contributed by atoms with van der Waals surface area (Å²) in [4.78, 5) is 12.4. The number of hydrogen-bond donors (Lipinski definition) is 2. The lowest BCUT2D eigenvalue weighted by atomic mass is 9.84. The molecule has 27 heavy (non-hydrogen) atoms. The Balaban J connectivity index is 0.00000364. The number of amides is 1. The van der Waals surface area contributed by atoms with Crippen LogP contribution in [-0.2, 0) is 10.2 Å². The van der Waals surface area contributed by atoms with Gasteiger partial charge in [-0.3, -0.25) is 4.79 Å². The molecular formula is C21H29ClN2O3. The largest absolute Gasteiger partial charge is 0.493 e. The summed E-state index contributed by atoms with van der Waals surface area (Å²) in [6.07, 6.45) is 0. The van der Waals surface area contributed by atoms with E-state index in [1.54, 1.807) is 14.2 Å². The Hall–Kier alpha value is -2.24.